The molecule has 2 rings (SSSR count). The molecule has 0 unspecified atom stereocenters. The molecule has 0 radical (unpaired) electrons. The highest BCUT2D eigenvalue weighted by atomic mass is 32.2. The van der Waals surface area contributed by atoms with Crippen molar-refractivity contribution in [1.82, 2.24) is 4.98 Å². The summed E-state index contributed by atoms with van der Waals surface area (Å²) < 4.78 is 5.17. The largest absolute Gasteiger partial charge is 0.428 e. The number of fused-ring (bicyclic) bond motifs is 1. The van der Waals surface area contributed by atoms with Crippen LogP contribution in [0, 0.1) is 11.3 Å². The SMILES string of the molecule is CSc1ccc2nc(C#N)oc2c1. The van der Waals surface area contributed by atoms with E-state index in [-0.39, 0.29) is 5.89 Å². The van der Waals surface area contributed by atoms with Crippen molar-refractivity contribution in [2.75, 3.05) is 6.26 Å². The van der Waals surface area contributed by atoms with Gasteiger partial charge in [-0.1, -0.05) is 0 Å². The van der Waals surface area contributed by atoms with Gasteiger partial charge >= 0.3 is 5.89 Å². The van der Waals surface area contributed by atoms with E-state index in [0.717, 1.165) is 10.4 Å². The topological polar surface area (TPSA) is 49.8 Å². The molecular weight excluding hydrogens is 184 g/mol. The van der Waals surface area contributed by atoms with Gasteiger partial charge in [0.15, 0.2) is 11.7 Å². The Balaban J connectivity index is 2.65. The molecular formula is C9H6N2OS. The summed E-state index contributed by atoms with van der Waals surface area (Å²) in [7, 11) is 0. The molecule has 0 bridgehead atoms. The number of rotatable bonds is 1. The molecule has 1 heterocycles. The fourth-order valence-corrected chi connectivity index (χ4v) is 1.51. The molecule has 0 aliphatic rings. The van der Waals surface area contributed by atoms with Crippen molar-refractivity contribution in [2.45, 2.75) is 4.90 Å². The summed E-state index contributed by atoms with van der Waals surface area (Å²) in [6.07, 6.45) is 1.99. The van der Waals surface area contributed by atoms with Crippen LogP contribution in [0.25, 0.3) is 11.1 Å². The van der Waals surface area contributed by atoms with Gasteiger partial charge in [-0.05, 0) is 24.5 Å². The molecule has 3 nitrogen and oxygen atoms in total. The van der Waals surface area contributed by atoms with Crippen molar-refractivity contribution in [3.8, 4) is 6.07 Å². The third-order valence-electron chi connectivity index (χ3n) is 1.69. The Bertz CT molecular complexity index is 484. The highest BCUT2D eigenvalue weighted by molar-refractivity contribution is 7.98. The van der Waals surface area contributed by atoms with Crippen LogP contribution in [0.3, 0.4) is 0 Å². The minimum absolute atomic E-state index is 0.119. The molecule has 0 spiro atoms. The Morgan fingerprint density at radius 2 is 2.38 bits per heavy atom. The van der Waals surface area contributed by atoms with E-state index in [1.165, 1.54) is 0 Å². The van der Waals surface area contributed by atoms with Crippen LogP contribution in [0.1, 0.15) is 5.89 Å². The van der Waals surface area contributed by atoms with Crippen LogP contribution in [0.5, 0.6) is 0 Å². The molecule has 0 atom stereocenters. The summed E-state index contributed by atoms with van der Waals surface area (Å²) in [5.41, 5.74) is 1.40. The lowest BCUT2D eigenvalue weighted by molar-refractivity contribution is 0.583. The molecule has 0 saturated heterocycles. The zero-order valence-corrected chi connectivity index (χ0v) is 7.76. The molecule has 4 heteroatoms. The maximum absolute atomic E-state index is 8.55. The van der Waals surface area contributed by atoms with Crippen LogP contribution in [0.15, 0.2) is 27.5 Å². The first kappa shape index (κ1) is 8.14. The lowest BCUT2D eigenvalue weighted by Crippen LogP contribution is -1.70. The van der Waals surface area contributed by atoms with Crippen molar-refractivity contribution in [3.05, 3.63) is 24.1 Å². The second kappa shape index (κ2) is 3.11. The van der Waals surface area contributed by atoms with Crippen LogP contribution >= 0.6 is 11.8 Å². The normalized spacial score (nSPS) is 10.2. The zero-order valence-electron chi connectivity index (χ0n) is 6.94. The number of oxazole rings is 1. The highest BCUT2D eigenvalue weighted by Gasteiger charge is 2.04. The Labute approximate surface area is 79.4 Å². The Kier molecular flexibility index (Phi) is 1.95. The lowest BCUT2D eigenvalue weighted by atomic mass is 10.3. The number of benzene rings is 1. The molecule has 2 aromatic rings. The first-order valence-corrected chi connectivity index (χ1v) is 4.90. The molecule has 0 fully saturated rings. The van der Waals surface area contributed by atoms with Crippen molar-refractivity contribution in [1.29, 1.82) is 5.26 Å². The van der Waals surface area contributed by atoms with E-state index in [2.05, 4.69) is 4.98 Å². The summed E-state index contributed by atoms with van der Waals surface area (Å²) in [5, 5.41) is 8.55. The lowest BCUT2D eigenvalue weighted by Gasteiger charge is -1.92. The van der Waals surface area contributed by atoms with Gasteiger partial charge in [-0.2, -0.15) is 10.2 Å². The molecule has 64 valence electrons. The maximum Gasteiger partial charge on any atom is 0.301 e. The first-order valence-electron chi connectivity index (χ1n) is 3.68. The van der Waals surface area contributed by atoms with E-state index in [1.807, 2.05) is 30.5 Å². The zero-order chi connectivity index (χ0) is 9.26. The van der Waals surface area contributed by atoms with Gasteiger partial charge in [0, 0.05) is 4.90 Å². The van der Waals surface area contributed by atoms with Gasteiger partial charge < -0.3 is 4.42 Å². The van der Waals surface area contributed by atoms with Crippen LogP contribution in [0.2, 0.25) is 0 Å². The monoisotopic (exact) mass is 190 g/mol. The predicted octanol–water partition coefficient (Wildman–Crippen LogP) is 2.42. The first-order chi connectivity index (χ1) is 6.33. The summed E-state index contributed by atoms with van der Waals surface area (Å²) in [6, 6.07) is 7.56. The summed E-state index contributed by atoms with van der Waals surface area (Å²) in [5.74, 6) is 0.119. The number of nitriles is 1. The van der Waals surface area contributed by atoms with Gasteiger partial charge in [0.25, 0.3) is 0 Å². The minimum atomic E-state index is 0.119. The Morgan fingerprint density at radius 3 is 3.08 bits per heavy atom. The van der Waals surface area contributed by atoms with Gasteiger partial charge in [0.05, 0.1) is 0 Å². The molecule has 0 aliphatic carbocycles. The number of aromatic nitrogens is 1. The van der Waals surface area contributed by atoms with Crippen molar-refractivity contribution < 1.29 is 4.42 Å². The van der Waals surface area contributed by atoms with Crippen molar-refractivity contribution in [2.24, 2.45) is 0 Å². The molecule has 13 heavy (non-hydrogen) atoms. The fourth-order valence-electron chi connectivity index (χ4n) is 1.08. The molecule has 0 aliphatic heterocycles. The van der Waals surface area contributed by atoms with Crippen LogP contribution in [-0.4, -0.2) is 11.2 Å². The van der Waals surface area contributed by atoms with Gasteiger partial charge in [-0.15, -0.1) is 11.8 Å². The predicted molar refractivity (Wildman–Crippen MR) is 50.5 cm³/mol. The van der Waals surface area contributed by atoms with E-state index in [9.17, 15) is 0 Å². The van der Waals surface area contributed by atoms with E-state index in [1.54, 1.807) is 11.8 Å². The van der Waals surface area contributed by atoms with Crippen molar-refractivity contribution >= 4 is 22.9 Å². The van der Waals surface area contributed by atoms with E-state index >= 15 is 0 Å². The average molecular weight is 190 g/mol. The van der Waals surface area contributed by atoms with Gasteiger partial charge in [-0.25, -0.2) is 0 Å². The smallest absolute Gasteiger partial charge is 0.301 e. The summed E-state index contributed by atoms with van der Waals surface area (Å²) in [4.78, 5) is 5.07. The minimum Gasteiger partial charge on any atom is -0.428 e. The number of hydrogen-bond acceptors (Lipinski definition) is 4. The van der Waals surface area contributed by atoms with Crippen LogP contribution < -0.4 is 0 Å². The molecule has 0 amide bonds. The summed E-state index contributed by atoms with van der Waals surface area (Å²) in [6.45, 7) is 0. The Morgan fingerprint density at radius 1 is 1.54 bits per heavy atom. The highest BCUT2D eigenvalue weighted by Crippen LogP contribution is 2.22. The molecule has 0 saturated carbocycles. The third kappa shape index (κ3) is 1.38. The summed E-state index contributed by atoms with van der Waals surface area (Å²) >= 11 is 1.63. The second-order valence-corrected chi connectivity index (χ2v) is 3.34. The van der Waals surface area contributed by atoms with E-state index in [4.69, 9.17) is 9.68 Å². The van der Waals surface area contributed by atoms with E-state index in [0.29, 0.717) is 5.58 Å². The molecule has 0 N–H and O–H groups in total. The number of thioether (sulfide) groups is 1. The number of hydrogen-bond donors (Lipinski definition) is 0. The average Bonchev–Trinajstić information content (AvgIpc) is 2.58. The van der Waals surface area contributed by atoms with E-state index < -0.39 is 0 Å². The maximum atomic E-state index is 8.55. The fraction of sp³-hybridized carbons (Fsp3) is 0.111. The van der Waals surface area contributed by atoms with Crippen LogP contribution in [0.4, 0.5) is 0 Å². The van der Waals surface area contributed by atoms with Gasteiger partial charge in [0.1, 0.15) is 5.52 Å². The quantitative estimate of drug-likeness (QED) is 0.648. The van der Waals surface area contributed by atoms with Gasteiger partial charge in [0.2, 0.25) is 0 Å². The molecule has 1 aromatic carbocycles. The third-order valence-corrected chi connectivity index (χ3v) is 2.42. The van der Waals surface area contributed by atoms with Gasteiger partial charge in [-0.3, -0.25) is 0 Å². The standard InChI is InChI=1S/C9H6N2OS/c1-13-6-2-3-7-8(4-6)12-9(5-10)11-7/h2-4H,1H3. The molecule has 1 aromatic heterocycles. The van der Waals surface area contributed by atoms with Crippen molar-refractivity contribution in [3.63, 3.8) is 0 Å². The Hall–Kier alpha value is -1.47. The number of nitrogens with zero attached hydrogens (tertiary/aromatic N) is 2. The second-order valence-electron chi connectivity index (χ2n) is 2.46. The van der Waals surface area contributed by atoms with Crippen LogP contribution in [-0.2, 0) is 0 Å².